The summed E-state index contributed by atoms with van der Waals surface area (Å²) in [5.74, 6) is 0.889. The number of aliphatic hydroxyl groups is 1. The Kier molecular flexibility index (Phi) is 6.52. The van der Waals surface area contributed by atoms with Crippen LogP contribution in [0.3, 0.4) is 0 Å². The Morgan fingerprint density at radius 3 is 2.53 bits per heavy atom. The highest BCUT2D eigenvalue weighted by Gasteiger charge is 2.24. The van der Waals surface area contributed by atoms with Crippen molar-refractivity contribution in [2.24, 2.45) is 11.8 Å². The first-order valence-electron chi connectivity index (χ1n) is 6.74. The molecule has 4 heteroatoms. The molecule has 0 radical (unpaired) electrons. The lowest BCUT2D eigenvalue weighted by molar-refractivity contribution is -0.120. The molecule has 1 aliphatic carbocycles. The van der Waals surface area contributed by atoms with Crippen LogP contribution in [-0.2, 0) is 4.79 Å². The molecular formula is C13H26N2O2. The van der Waals surface area contributed by atoms with Crippen LogP contribution in [0.2, 0.25) is 0 Å². The highest BCUT2D eigenvalue weighted by atomic mass is 16.3. The van der Waals surface area contributed by atoms with Crippen molar-refractivity contribution in [1.29, 1.82) is 0 Å². The highest BCUT2D eigenvalue weighted by molar-refractivity contribution is 5.77. The second-order valence-corrected chi connectivity index (χ2v) is 5.33. The zero-order valence-electron chi connectivity index (χ0n) is 11.0. The smallest absolute Gasteiger partial charge is 0.233 e. The van der Waals surface area contributed by atoms with E-state index in [0.29, 0.717) is 31.0 Å². The zero-order valence-corrected chi connectivity index (χ0v) is 11.0. The molecule has 3 N–H and O–H groups in total. The van der Waals surface area contributed by atoms with Gasteiger partial charge in [-0.15, -0.1) is 0 Å². The topological polar surface area (TPSA) is 61.4 Å². The molecule has 1 amide bonds. The van der Waals surface area contributed by atoms with Crippen LogP contribution in [0.15, 0.2) is 0 Å². The van der Waals surface area contributed by atoms with Crippen molar-refractivity contribution in [2.75, 3.05) is 19.7 Å². The maximum Gasteiger partial charge on any atom is 0.233 e. The monoisotopic (exact) mass is 242 g/mol. The maximum absolute atomic E-state index is 11.5. The summed E-state index contributed by atoms with van der Waals surface area (Å²) in [5, 5.41) is 15.3. The number of hydrogen-bond donors (Lipinski definition) is 3. The van der Waals surface area contributed by atoms with Gasteiger partial charge >= 0.3 is 0 Å². The van der Waals surface area contributed by atoms with Gasteiger partial charge in [0.25, 0.3) is 0 Å². The van der Waals surface area contributed by atoms with Crippen molar-refractivity contribution in [3.8, 4) is 0 Å². The Morgan fingerprint density at radius 1 is 1.29 bits per heavy atom. The van der Waals surface area contributed by atoms with E-state index in [-0.39, 0.29) is 12.5 Å². The third kappa shape index (κ3) is 5.50. The molecule has 0 spiro atoms. The zero-order chi connectivity index (χ0) is 12.7. The van der Waals surface area contributed by atoms with Crippen LogP contribution in [0, 0.1) is 11.8 Å². The SMILES string of the molecule is CC(C)NCC(=O)NCC1CCCCC1CO. The fourth-order valence-electron chi connectivity index (χ4n) is 2.40. The average Bonchev–Trinajstić information content (AvgIpc) is 2.34. The molecule has 1 fully saturated rings. The first-order chi connectivity index (χ1) is 8.13. The van der Waals surface area contributed by atoms with Crippen LogP contribution >= 0.6 is 0 Å². The number of rotatable bonds is 6. The van der Waals surface area contributed by atoms with Gasteiger partial charge in [-0.3, -0.25) is 4.79 Å². The lowest BCUT2D eigenvalue weighted by Gasteiger charge is -2.30. The van der Waals surface area contributed by atoms with Gasteiger partial charge in [-0.1, -0.05) is 26.7 Å². The normalized spacial score (nSPS) is 24.9. The van der Waals surface area contributed by atoms with Crippen LogP contribution in [0.25, 0.3) is 0 Å². The predicted molar refractivity (Wildman–Crippen MR) is 68.7 cm³/mol. The Balaban J connectivity index is 2.21. The van der Waals surface area contributed by atoms with E-state index in [2.05, 4.69) is 10.6 Å². The van der Waals surface area contributed by atoms with Gasteiger partial charge in [-0.05, 0) is 24.7 Å². The molecule has 17 heavy (non-hydrogen) atoms. The number of hydrogen-bond acceptors (Lipinski definition) is 3. The summed E-state index contributed by atoms with van der Waals surface area (Å²) in [5.41, 5.74) is 0. The van der Waals surface area contributed by atoms with Gasteiger partial charge in [0, 0.05) is 19.2 Å². The van der Waals surface area contributed by atoms with Gasteiger partial charge in [0.05, 0.1) is 6.54 Å². The van der Waals surface area contributed by atoms with Gasteiger partial charge in [-0.2, -0.15) is 0 Å². The number of amides is 1. The molecule has 0 aromatic heterocycles. The predicted octanol–water partition coefficient (Wildman–Crippen LogP) is 0.899. The second-order valence-electron chi connectivity index (χ2n) is 5.33. The first kappa shape index (κ1) is 14.5. The number of carbonyl (C=O) groups is 1. The fraction of sp³-hybridized carbons (Fsp3) is 0.923. The first-order valence-corrected chi connectivity index (χ1v) is 6.74. The van der Waals surface area contributed by atoms with Crippen molar-refractivity contribution in [3.05, 3.63) is 0 Å². The minimum absolute atomic E-state index is 0.0564. The summed E-state index contributed by atoms with van der Waals surface area (Å²) in [7, 11) is 0. The Morgan fingerprint density at radius 2 is 1.94 bits per heavy atom. The number of carbonyl (C=O) groups excluding carboxylic acids is 1. The minimum Gasteiger partial charge on any atom is -0.396 e. The Hall–Kier alpha value is -0.610. The van der Waals surface area contributed by atoms with E-state index in [0.717, 1.165) is 12.8 Å². The largest absolute Gasteiger partial charge is 0.396 e. The molecule has 1 rings (SSSR count). The summed E-state index contributed by atoms with van der Waals surface area (Å²) >= 11 is 0. The van der Waals surface area contributed by atoms with E-state index in [1.165, 1.54) is 12.8 Å². The molecule has 0 heterocycles. The molecule has 100 valence electrons. The molecule has 1 saturated carbocycles. The molecule has 1 aliphatic rings. The lowest BCUT2D eigenvalue weighted by Crippen LogP contribution is -2.41. The van der Waals surface area contributed by atoms with Gasteiger partial charge in [0.2, 0.25) is 5.91 Å². The van der Waals surface area contributed by atoms with Crippen LogP contribution in [0.1, 0.15) is 39.5 Å². The molecule has 0 bridgehead atoms. The average molecular weight is 242 g/mol. The van der Waals surface area contributed by atoms with E-state index in [4.69, 9.17) is 0 Å². The van der Waals surface area contributed by atoms with E-state index in [1.54, 1.807) is 0 Å². The van der Waals surface area contributed by atoms with Crippen molar-refractivity contribution in [3.63, 3.8) is 0 Å². The van der Waals surface area contributed by atoms with Gasteiger partial charge < -0.3 is 15.7 Å². The molecular weight excluding hydrogens is 216 g/mol. The maximum atomic E-state index is 11.5. The summed E-state index contributed by atoms with van der Waals surface area (Å²) in [4.78, 5) is 11.5. The van der Waals surface area contributed by atoms with Gasteiger partial charge in [0.1, 0.15) is 0 Å². The molecule has 2 unspecified atom stereocenters. The third-order valence-corrected chi connectivity index (χ3v) is 3.53. The van der Waals surface area contributed by atoms with Crippen molar-refractivity contribution in [1.82, 2.24) is 10.6 Å². The van der Waals surface area contributed by atoms with Crippen molar-refractivity contribution in [2.45, 2.75) is 45.6 Å². The van der Waals surface area contributed by atoms with E-state index < -0.39 is 0 Å². The minimum atomic E-state index is 0.0564. The van der Waals surface area contributed by atoms with Crippen LogP contribution in [0.5, 0.6) is 0 Å². The lowest BCUT2D eigenvalue weighted by atomic mass is 9.79. The van der Waals surface area contributed by atoms with Crippen LogP contribution in [-0.4, -0.2) is 36.8 Å². The Labute approximate surface area is 104 Å². The van der Waals surface area contributed by atoms with Crippen LogP contribution in [0.4, 0.5) is 0 Å². The van der Waals surface area contributed by atoms with Gasteiger partial charge in [0.15, 0.2) is 0 Å². The third-order valence-electron chi connectivity index (χ3n) is 3.53. The molecule has 0 saturated heterocycles. The molecule has 4 nitrogen and oxygen atoms in total. The summed E-state index contributed by atoms with van der Waals surface area (Å²) in [6.07, 6.45) is 4.66. The number of nitrogens with one attached hydrogen (secondary N) is 2. The Bertz CT molecular complexity index is 231. The standard InChI is InChI=1S/C13H26N2O2/c1-10(2)14-8-13(17)15-7-11-5-3-4-6-12(11)9-16/h10-12,14,16H,3-9H2,1-2H3,(H,15,17). The molecule has 0 aliphatic heterocycles. The summed E-state index contributed by atoms with van der Waals surface area (Å²) in [6, 6.07) is 0.334. The highest BCUT2D eigenvalue weighted by Crippen LogP contribution is 2.28. The second kappa shape index (κ2) is 7.67. The molecule has 0 aromatic rings. The van der Waals surface area contributed by atoms with E-state index >= 15 is 0 Å². The van der Waals surface area contributed by atoms with E-state index in [9.17, 15) is 9.90 Å². The molecule has 2 atom stereocenters. The van der Waals surface area contributed by atoms with Crippen molar-refractivity contribution >= 4 is 5.91 Å². The summed E-state index contributed by atoms with van der Waals surface area (Å²) < 4.78 is 0. The van der Waals surface area contributed by atoms with Crippen molar-refractivity contribution < 1.29 is 9.90 Å². The van der Waals surface area contributed by atoms with Crippen LogP contribution < -0.4 is 10.6 Å². The van der Waals surface area contributed by atoms with E-state index in [1.807, 2.05) is 13.8 Å². The quantitative estimate of drug-likeness (QED) is 0.648. The van der Waals surface area contributed by atoms with Gasteiger partial charge in [-0.25, -0.2) is 0 Å². The summed E-state index contributed by atoms with van der Waals surface area (Å²) in [6.45, 7) is 5.40. The number of aliphatic hydroxyl groups excluding tert-OH is 1. The fourth-order valence-corrected chi connectivity index (χ4v) is 2.40. The molecule has 0 aromatic carbocycles.